The summed E-state index contributed by atoms with van der Waals surface area (Å²) >= 11 is 0. The number of rotatable bonds is 6. The van der Waals surface area contributed by atoms with E-state index in [4.69, 9.17) is 0 Å². The van der Waals surface area contributed by atoms with E-state index >= 15 is 0 Å². The third-order valence-corrected chi connectivity index (χ3v) is 4.97. The quantitative estimate of drug-likeness (QED) is 0.670. The van der Waals surface area contributed by atoms with Crippen molar-refractivity contribution in [1.29, 1.82) is 0 Å². The van der Waals surface area contributed by atoms with Crippen LogP contribution >= 0.6 is 0 Å². The number of aromatic nitrogens is 2. The monoisotopic (exact) mass is 389 g/mol. The molecule has 148 valence electrons. The van der Waals surface area contributed by atoms with Crippen molar-refractivity contribution >= 4 is 23.4 Å². The summed E-state index contributed by atoms with van der Waals surface area (Å²) in [5, 5.41) is 12.5. The fourth-order valence-corrected chi connectivity index (χ4v) is 3.43. The van der Waals surface area contributed by atoms with Gasteiger partial charge in [0.25, 0.3) is 0 Å². The molecule has 3 aromatic rings. The molecule has 1 fully saturated rings. The fourth-order valence-electron chi connectivity index (χ4n) is 3.43. The predicted molar refractivity (Wildman–Crippen MR) is 113 cm³/mol. The van der Waals surface area contributed by atoms with E-state index in [0.717, 1.165) is 32.7 Å². The Morgan fingerprint density at radius 1 is 0.966 bits per heavy atom. The van der Waals surface area contributed by atoms with Gasteiger partial charge in [-0.1, -0.05) is 42.5 Å². The lowest BCUT2D eigenvalue weighted by atomic mass is 10.2. The van der Waals surface area contributed by atoms with Crippen molar-refractivity contribution in [1.82, 2.24) is 14.9 Å². The third-order valence-electron chi connectivity index (χ3n) is 4.97. The molecule has 1 aliphatic heterocycles. The first-order chi connectivity index (χ1) is 14.2. The minimum atomic E-state index is -0.975. The first-order valence-corrected chi connectivity index (χ1v) is 9.63. The second-order valence-electron chi connectivity index (χ2n) is 6.97. The van der Waals surface area contributed by atoms with Gasteiger partial charge < -0.3 is 15.3 Å². The highest BCUT2D eigenvalue weighted by atomic mass is 16.4. The van der Waals surface area contributed by atoms with Crippen molar-refractivity contribution in [2.45, 2.75) is 6.54 Å². The Balaban J connectivity index is 1.40. The topological polar surface area (TPSA) is 81.6 Å². The molecule has 4 rings (SSSR count). The Morgan fingerprint density at radius 3 is 2.45 bits per heavy atom. The highest BCUT2D eigenvalue weighted by Gasteiger charge is 2.19. The Labute approximate surface area is 169 Å². The lowest BCUT2D eigenvalue weighted by molar-refractivity contribution is 0.0698. The van der Waals surface area contributed by atoms with E-state index in [-0.39, 0.29) is 5.56 Å². The molecule has 0 spiro atoms. The summed E-state index contributed by atoms with van der Waals surface area (Å²) < 4.78 is 0. The van der Waals surface area contributed by atoms with Gasteiger partial charge >= 0.3 is 5.97 Å². The molecule has 2 aromatic carbocycles. The van der Waals surface area contributed by atoms with Crippen LogP contribution in [-0.2, 0) is 6.54 Å². The number of benzene rings is 2. The van der Waals surface area contributed by atoms with Crippen molar-refractivity contribution in [3.63, 3.8) is 0 Å². The minimum absolute atomic E-state index is 0.210. The van der Waals surface area contributed by atoms with E-state index in [9.17, 15) is 9.90 Å². The maximum absolute atomic E-state index is 11.4. The van der Waals surface area contributed by atoms with E-state index in [0.29, 0.717) is 17.5 Å². The number of nitrogens with zero attached hydrogens (tertiary/aromatic N) is 4. The van der Waals surface area contributed by atoms with Gasteiger partial charge in [0.2, 0.25) is 5.95 Å². The molecule has 2 N–H and O–H groups in total. The average molecular weight is 389 g/mol. The second kappa shape index (κ2) is 8.70. The van der Waals surface area contributed by atoms with Crippen molar-refractivity contribution in [3.05, 3.63) is 78.0 Å². The van der Waals surface area contributed by atoms with Crippen molar-refractivity contribution in [3.8, 4) is 0 Å². The summed E-state index contributed by atoms with van der Waals surface area (Å²) in [6.07, 6.45) is 1.70. The summed E-state index contributed by atoms with van der Waals surface area (Å²) in [6.45, 7) is 4.53. The summed E-state index contributed by atoms with van der Waals surface area (Å²) in [5.41, 5.74) is 2.04. The van der Waals surface area contributed by atoms with Gasteiger partial charge in [-0.05, 0) is 23.8 Å². The summed E-state index contributed by atoms with van der Waals surface area (Å²) in [6, 6.07) is 19.0. The highest BCUT2D eigenvalue weighted by molar-refractivity contribution is 5.94. The molecular formula is C22H23N5O2. The highest BCUT2D eigenvalue weighted by Crippen LogP contribution is 2.21. The molecule has 0 aliphatic carbocycles. The van der Waals surface area contributed by atoms with Crippen molar-refractivity contribution in [2.75, 3.05) is 36.4 Å². The molecule has 1 aliphatic rings. The van der Waals surface area contributed by atoms with Crippen LogP contribution in [0.5, 0.6) is 0 Å². The number of anilines is 3. The first kappa shape index (κ1) is 18.9. The normalized spacial score (nSPS) is 14.6. The number of carbonyl (C=O) groups is 1. The zero-order chi connectivity index (χ0) is 20.1. The standard InChI is InChI=1S/C22H23N5O2/c28-21(29)18-8-4-5-9-19(18)24-20-10-11-23-22(25-20)27-14-12-26(13-15-27)16-17-6-2-1-3-7-17/h1-11H,12-16H2,(H,28,29)(H,23,24,25). The molecule has 2 heterocycles. The second-order valence-corrected chi connectivity index (χ2v) is 6.97. The van der Waals surface area contributed by atoms with Gasteiger partial charge in [-0.15, -0.1) is 0 Å². The number of para-hydroxylation sites is 1. The molecule has 1 saturated heterocycles. The van der Waals surface area contributed by atoms with Crippen LogP contribution in [0.15, 0.2) is 66.9 Å². The molecule has 7 heteroatoms. The SMILES string of the molecule is O=C(O)c1ccccc1Nc1ccnc(N2CCN(Cc3ccccc3)CC2)n1. The van der Waals surface area contributed by atoms with E-state index < -0.39 is 5.97 Å². The van der Waals surface area contributed by atoms with Crippen molar-refractivity contribution < 1.29 is 9.90 Å². The average Bonchev–Trinajstić information content (AvgIpc) is 2.75. The van der Waals surface area contributed by atoms with E-state index in [1.54, 1.807) is 36.5 Å². The van der Waals surface area contributed by atoms with E-state index in [2.05, 4.69) is 49.4 Å². The molecule has 0 saturated carbocycles. The molecule has 0 unspecified atom stereocenters. The van der Waals surface area contributed by atoms with Crippen LogP contribution in [0.2, 0.25) is 0 Å². The fraction of sp³-hybridized carbons (Fsp3) is 0.227. The number of nitrogens with one attached hydrogen (secondary N) is 1. The molecule has 1 aromatic heterocycles. The predicted octanol–water partition coefficient (Wildman–Crippen LogP) is 3.24. The van der Waals surface area contributed by atoms with Gasteiger partial charge in [-0.3, -0.25) is 4.90 Å². The summed E-state index contributed by atoms with van der Waals surface area (Å²) in [4.78, 5) is 25.0. The Morgan fingerprint density at radius 2 is 1.69 bits per heavy atom. The van der Waals surface area contributed by atoms with Gasteiger partial charge in [0.05, 0.1) is 11.3 Å². The van der Waals surface area contributed by atoms with Crippen LogP contribution < -0.4 is 10.2 Å². The van der Waals surface area contributed by atoms with Crippen molar-refractivity contribution in [2.24, 2.45) is 0 Å². The minimum Gasteiger partial charge on any atom is -0.478 e. The lowest BCUT2D eigenvalue weighted by Crippen LogP contribution is -2.46. The van der Waals surface area contributed by atoms with Crippen LogP contribution in [0.25, 0.3) is 0 Å². The maximum atomic E-state index is 11.4. The molecule has 29 heavy (non-hydrogen) atoms. The van der Waals surface area contributed by atoms with Gasteiger partial charge in [0.15, 0.2) is 0 Å². The molecule has 0 atom stereocenters. The first-order valence-electron chi connectivity index (χ1n) is 9.63. The third kappa shape index (κ3) is 4.70. The molecule has 0 amide bonds. The molecule has 0 radical (unpaired) electrons. The Hall–Kier alpha value is -3.45. The number of carboxylic acid groups (broad SMARTS) is 1. The number of hydrogen-bond acceptors (Lipinski definition) is 6. The molecule has 0 bridgehead atoms. The van der Waals surface area contributed by atoms with Crippen LogP contribution in [0.3, 0.4) is 0 Å². The largest absolute Gasteiger partial charge is 0.478 e. The van der Waals surface area contributed by atoms with E-state index in [1.807, 2.05) is 6.07 Å². The van der Waals surface area contributed by atoms with Gasteiger partial charge in [0, 0.05) is 38.9 Å². The zero-order valence-corrected chi connectivity index (χ0v) is 16.0. The van der Waals surface area contributed by atoms with Gasteiger partial charge in [-0.25, -0.2) is 9.78 Å². The summed E-state index contributed by atoms with van der Waals surface area (Å²) in [5.74, 6) is 0.259. The Bertz CT molecular complexity index is 972. The van der Waals surface area contributed by atoms with Crippen LogP contribution in [0.4, 0.5) is 17.5 Å². The number of piperazine rings is 1. The number of aromatic carboxylic acids is 1. The van der Waals surface area contributed by atoms with Crippen LogP contribution in [0.1, 0.15) is 15.9 Å². The van der Waals surface area contributed by atoms with Gasteiger partial charge in [-0.2, -0.15) is 4.98 Å². The number of hydrogen-bond donors (Lipinski definition) is 2. The summed E-state index contributed by atoms with van der Waals surface area (Å²) in [7, 11) is 0. The lowest BCUT2D eigenvalue weighted by Gasteiger charge is -2.34. The Kier molecular flexibility index (Phi) is 5.67. The van der Waals surface area contributed by atoms with E-state index in [1.165, 1.54) is 5.56 Å². The van der Waals surface area contributed by atoms with Gasteiger partial charge in [0.1, 0.15) is 5.82 Å². The number of carboxylic acids is 1. The van der Waals surface area contributed by atoms with Crippen LogP contribution in [0, 0.1) is 0 Å². The van der Waals surface area contributed by atoms with Crippen LogP contribution in [-0.4, -0.2) is 52.1 Å². The molecule has 7 nitrogen and oxygen atoms in total. The zero-order valence-electron chi connectivity index (χ0n) is 16.0. The maximum Gasteiger partial charge on any atom is 0.337 e. The smallest absolute Gasteiger partial charge is 0.337 e. The molecular weight excluding hydrogens is 366 g/mol.